The van der Waals surface area contributed by atoms with Crippen molar-refractivity contribution in [2.75, 3.05) is 33.9 Å². The van der Waals surface area contributed by atoms with Gasteiger partial charge in [0.2, 0.25) is 0 Å². The van der Waals surface area contributed by atoms with E-state index in [1.54, 1.807) is 14.2 Å². The number of nitrogens with one attached hydrogen (secondary N) is 1. The molecule has 1 rings (SSSR count). The first-order valence-electron chi connectivity index (χ1n) is 6.59. The molecule has 0 fully saturated rings. The van der Waals surface area contributed by atoms with Gasteiger partial charge in [-0.05, 0) is 31.2 Å². The lowest BCUT2D eigenvalue weighted by Gasteiger charge is -2.28. The lowest BCUT2D eigenvalue weighted by Crippen LogP contribution is -2.34. The van der Waals surface area contributed by atoms with E-state index in [0.717, 1.165) is 36.6 Å². The quantitative estimate of drug-likeness (QED) is 0.707. The van der Waals surface area contributed by atoms with E-state index >= 15 is 0 Å². The lowest BCUT2D eigenvalue weighted by atomic mass is 9.83. The zero-order valence-electron chi connectivity index (χ0n) is 12.3. The topological polar surface area (TPSA) is 50.7 Å². The number of methoxy groups -OCH3 is 2. The zero-order chi connectivity index (χ0) is 14.3. The number of ether oxygens (including phenoxy) is 2. The van der Waals surface area contributed by atoms with Gasteiger partial charge in [0.25, 0.3) is 0 Å². The molecule has 0 heterocycles. The highest BCUT2D eigenvalue weighted by molar-refractivity contribution is 5.44. The van der Waals surface area contributed by atoms with Crippen molar-refractivity contribution in [3.8, 4) is 11.5 Å². The van der Waals surface area contributed by atoms with Crippen molar-refractivity contribution in [1.82, 2.24) is 5.32 Å². The fourth-order valence-electron chi connectivity index (χ4n) is 2.04. The summed E-state index contributed by atoms with van der Waals surface area (Å²) in [6.07, 6.45) is 0.769. The number of hydrogen-bond acceptors (Lipinski definition) is 4. The number of benzene rings is 1. The van der Waals surface area contributed by atoms with E-state index in [2.05, 4.69) is 19.2 Å². The summed E-state index contributed by atoms with van der Waals surface area (Å²) in [6.45, 7) is 6.17. The third-order valence-electron chi connectivity index (χ3n) is 3.21. The molecule has 0 aliphatic rings. The Bertz CT molecular complexity index is 391. The lowest BCUT2D eigenvalue weighted by molar-refractivity contribution is 0.283. The molecule has 0 amide bonds. The van der Waals surface area contributed by atoms with Crippen molar-refractivity contribution in [2.45, 2.75) is 25.7 Å². The van der Waals surface area contributed by atoms with Gasteiger partial charge in [-0.3, -0.25) is 0 Å². The van der Waals surface area contributed by atoms with Crippen LogP contribution in [0.2, 0.25) is 0 Å². The van der Waals surface area contributed by atoms with Crippen molar-refractivity contribution >= 4 is 0 Å². The number of hydrogen-bond donors (Lipinski definition) is 2. The molecule has 0 aliphatic heterocycles. The van der Waals surface area contributed by atoms with E-state index in [1.807, 2.05) is 18.2 Å². The van der Waals surface area contributed by atoms with Crippen LogP contribution in [-0.4, -0.2) is 39.0 Å². The average Bonchev–Trinajstić information content (AvgIpc) is 2.43. The second-order valence-corrected chi connectivity index (χ2v) is 5.20. The zero-order valence-corrected chi connectivity index (χ0v) is 12.3. The van der Waals surface area contributed by atoms with Crippen LogP contribution in [0.4, 0.5) is 0 Å². The maximum atomic E-state index is 8.79. The average molecular weight is 267 g/mol. The summed E-state index contributed by atoms with van der Waals surface area (Å²) < 4.78 is 10.7. The second-order valence-electron chi connectivity index (χ2n) is 5.20. The predicted molar refractivity (Wildman–Crippen MR) is 77.1 cm³/mol. The molecule has 0 saturated heterocycles. The van der Waals surface area contributed by atoms with Crippen LogP contribution in [0.3, 0.4) is 0 Å². The second kappa shape index (κ2) is 7.36. The maximum Gasteiger partial charge on any atom is 0.122 e. The van der Waals surface area contributed by atoms with Gasteiger partial charge in [0.05, 0.1) is 14.2 Å². The van der Waals surface area contributed by atoms with Gasteiger partial charge in [0.15, 0.2) is 0 Å². The Kier molecular flexibility index (Phi) is 6.12. The van der Waals surface area contributed by atoms with E-state index < -0.39 is 0 Å². The summed E-state index contributed by atoms with van der Waals surface area (Å²) in [7, 11) is 3.35. The van der Waals surface area contributed by atoms with E-state index in [-0.39, 0.29) is 12.0 Å². The van der Waals surface area contributed by atoms with Crippen molar-refractivity contribution in [2.24, 2.45) is 0 Å². The van der Waals surface area contributed by atoms with Crippen molar-refractivity contribution < 1.29 is 14.6 Å². The van der Waals surface area contributed by atoms with Gasteiger partial charge in [-0.25, -0.2) is 0 Å². The molecule has 2 N–H and O–H groups in total. The van der Waals surface area contributed by atoms with Crippen molar-refractivity contribution in [3.05, 3.63) is 23.8 Å². The van der Waals surface area contributed by atoms with Gasteiger partial charge in [0, 0.05) is 24.1 Å². The van der Waals surface area contributed by atoms with Crippen LogP contribution >= 0.6 is 0 Å². The first kappa shape index (κ1) is 15.8. The first-order chi connectivity index (χ1) is 9.05. The molecular formula is C15H25NO3. The van der Waals surface area contributed by atoms with Crippen LogP contribution in [0, 0.1) is 0 Å². The first-order valence-corrected chi connectivity index (χ1v) is 6.59. The smallest absolute Gasteiger partial charge is 0.122 e. The van der Waals surface area contributed by atoms with Crippen LogP contribution < -0.4 is 14.8 Å². The van der Waals surface area contributed by atoms with Crippen LogP contribution in [0.15, 0.2) is 18.2 Å². The molecule has 1 aromatic carbocycles. The highest BCUT2D eigenvalue weighted by Crippen LogP contribution is 2.34. The molecule has 0 aromatic heterocycles. The molecule has 0 bridgehead atoms. The minimum Gasteiger partial charge on any atom is -0.497 e. The Morgan fingerprint density at radius 1 is 1.21 bits per heavy atom. The minimum absolute atomic E-state index is 0.0741. The highest BCUT2D eigenvalue weighted by Gasteiger charge is 2.24. The van der Waals surface area contributed by atoms with Gasteiger partial charge in [-0.15, -0.1) is 0 Å². The summed E-state index contributed by atoms with van der Waals surface area (Å²) in [5.41, 5.74) is 1.04. The molecule has 19 heavy (non-hydrogen) atoms. The number of aliphatic hydroxyl groups excluding tert-OH is 1. The maximum absolute atomic E-state index is 8.79. The van der Waals surface area contributed by atoms with Gasteiger partial charge >= 0.3 is 0 Å². The molecule has 4 nitrogen and oxygen atoms in total. The van der Waals surface area contributed by atoms with E-state index in [1.165, 1.54) is 0 Å². The third kappa shape index (κ3) is 4.40. The Labute approximate surface area is 115 Å². The fourth-order valence-corrected chi connectivity index (χ4v) is 2.04. The Morgan fingerprint density at radius 2 is 1.95 bits per heavy atom. The number of aliphatic hydroxyl groups is 1. The summed E-state index contributed by atoms with van der Waals surface area (Å²) in [4.78, 5) is 0. The normalized spacial score (nSPS) is 11.4. The van der Waals surface area contributed by atoms with Crippen LogP contribution in [0.5, 0.6) is 11.5 Å². The molecule has 4 heteroatoms. The number of rotatable bonds is 8. The Balaban J connectivity index is 2.85. The minimum atomic E-state index is -0.0741. The van der Waals surface area contributed by atoms with Gasteiger partial charge < -0.3 is 19.9 Å². The van der Waals surface area contributed by atoms with Gasteiger partial charge in [-0.1, -0.05) is 13.8 Å². The molecular weight excluding hydrogens is 242 g/mol. The largest absolute Gasteiger partial charge is 0.497 e. The van der Waals surface area contributed by atoms with E-state index in [4.69, 9.17) is 14.6 Å². The van der Waals surface area contributed by atoms with Gasteiger partial charge in [-0.2, -0.15) is 0 Å². The molecule has 0 unspecified atom stereocenters. The third-order valence-corrected chi connectivity index (χ3v) is 3.21. The van der Waals surface area contributed by atoms with Crippen LogP contribution in [0.1, 0.15) is 25.8 Å². The molecule has 1 aromatic rings. The Morgan fingerprint density at radius 3 is 2.53 bits per heavy atom. The van der Waals surface area contributed by atoms with Crippen molar-refractivity contribution in [1.29, 1.82) is 0 Å². The molecule has 108 valence electrons. The standard InChI is InChI=1S/C15H25NO3/c1-15(2,11-16-8-5-9-17)13-10-12(18-3)6-7-14(13)19-4/h6-7,10,16-17H,5,8-9,11H2,1-4H3. The summed E-state index contributed by atoms with van der Waals surface area (Å²) in [5.74, 6) is 1.70. The molecule has 0 atom stereocenters. The highest BCUT2D eigenvalue weighted by atomic mass is 16.5. The molecule has 0 saturated carbocycles. The molecule has 0 aliphatic carbocycles. The Hall–Kier alpha value is -1.26. The van der Waals surface area contributed by atoms with Crippen LogP contribution in [-0.2, 0) is 5.41 Å². The summed E-state index contributed by atoms with van der Waals surface area (Å²) >= 11 is 0. The van der Waals surface area contributed by atoms with Crippen molar-refractivity contribution in [3.63, 3.8) is 0 Å². The predicted octanol–water partition coefficient (Wildman–Crippen LogP) is 1.95. The SMILES string of the molecule is COc1ccc(OC)c(C(C)(C)CNCCCO)c1. The fraction of sp³-hybridized carbons (Fsp3) is 0.600. The van der Waals surface area contributed by atoms with Gasteiger partial charge in [0.1, 0.15) is 11.5 Å². The molecule has 0 radical (unpaired) electrons. The molecule has 0 spiro atoms. The van der Waals surface area contributed by atoms with E-state index in [0.29, 0.717) is 0 Å². The summed E-state index contributed by atoms with van der Waals surface area (Å²) in [5, 5.41) is 12.1. The summed E-state index contributed by atoms with van der Waals surface area (Å²) in [6, 6.07) is 5.85. The van der Waals surface area contributed by atoms with E-state index in [9.17, 15) is 0 Å². The monoisotopic (exact) mass is 267 g/mol. The van der Waals surface area contributed by atoms with Crippen LogP contribution in [0.25, 0.3) is 0 Å².